The van der Waals surface area contributed by atoms with Crippen LogP contribution in [0.5, 0.6) is 0 Å². The molecule has 0 aliphatic rings. The third-order valence-electron chi connectivity index (χ3n) is 3.61. The van der Waals surface area contributed by atoms with Gasteiger partial charge in [0.05, 0.1) is 0 Å². The van der Waals surface area contributed by atoms with Crippen molar-refractivity contribution in [2.75, 3.05) is 0 Å². The van der Waals surface area contributed by atoms with Gasteiger partial charge in [0.1, 0.15) is 0 Å². The standard InChI is InChI=1S/C10H21.C7H7O.C7H6.2Co.2O/c1-3-5-7-9-10-8-6-4-2;8-6-7-4-2-1-3-5-7;1-7-5-3-2-4-6-7;;;;/h1,3-10H2,2H3;2-5,8H,6H2;2-3,6H,1H3;;;;/q2*-1;-2;;;;. The molecule has 2 rings (SSSR count). The average Bonchev–Trinajstić information content (AvgIpc) is 2.81. The minimum atomic E-state index is 0.120. The molecule has 3 nitrogen and oxygen atoms in total. The summed E-state index contributed by atoms with van der Waals surface area (Å²) in [4.78, 5) is 0. The summed E-state index contributed by atoms with van der Waals surface area (Å²) < 4.78 is 15.9. The van der Waals surface area contributed by atoms with Crippen molar-refractivity contribution < 1.29 is 44.2 Å². The van der Waals surface area contributed by atoms with Crippen LogP contribution in [-0.2, 0) is 45.7 Å². The van der Waals surface area contributed by atoms with E-state index >= 15 is 0 Å². The van der Waals surface area contributed by atoms with Crippen molar-refractivity contribution in [1.29, 1.82) is 0 Å². The van der Waals surface area contributed by atoms with Crippen molar-refractivity contribution in [3.8, 4) is 0 Å². The van der Waals surface area contributed by atoms with Crippen molar-refractivity contribution >= 4 is 0 Å². The van der Waals surface area contributed by atoms with Crippen LogP contribution >= 0.6 is 0 Å². The first-order chi connectivity index (χ1) is 14.2. The second-order valence-electron chi connectivity index (χ2n) is 6.01. The summed E-state index contributed by atoms with van der Waals surface area (Å²) in [6.45, 7) is 8.20. The Morgan fingerprint density at radius 2 is 1.41 bits per heavy atom. The van der Waals surface area contributed by atoms with Gasteiger partial charge < -0.3 is 24.2 Å². The summed E-state index contributed by atoms with van der Waals surface area (Å²) in [6, 6.07) is 21.6. The summed E-state index contributed by atoms with van der Waals surface area (Å²) >= 11 is 4.62. The number of aryl methyl sites for hydroxylation is 1. The molecule has 2 aromatic rings. The Morgan fingerprint density at radius 1 is 0.862 bits per heavy atom. The summed E-state index contributed by atoms with van der Waals surface area (Å²) in [5.41, 5.74) is 2.08. The van der Waals surface area contributed by atoms with Crippen LogP contribution in [0.4, 0.5) is 0 Å². The molecule has 1 N–H and O–H groups in total. The Hall–Kier alpha value is -0.987. The fourth-order valence-corrected chi connectivity index (χ4v) is 2.10. The van der Waals surface area contributed by atoms with Gasteiger partial charge in [-0.3, -0.25) is 23.8 Å². The molecular formula is C24H34Co2O3-4. The van der Waals surface area contributed by atoms with Crippen LogP contribution in [0.1, 0.15) is 69.4 Å². The molecule has 0 saturated carbocycles. The van der Waals surface area contributed by atoms with E-state index in [-0.39, 0.29) is 6.61 Å². The average molecular weight is 488 g/mol. The summed E-state index contributed by atoms with van der Waals surface area (Å²) in [5.74, 6) is 0. The molecule has 0 heterocycles. The normalized spacial score (nSPS) is 8.48. The molecule has 0 unspecified atom stereocenters. The Morgan fingerprint density at radius 3 is 1.76 bits per heavy atom. The van der Waals surface area contributed by atoms with E-state index in [2.05, 4.69) is 63.4 Å². The minimum absolute atomic E-state index is 0.120. The maximum absolute atomic E-state index is 8.52. The van der Waals surface area contributed by atoms with Gasteiger partial charge in [0.25, 0.3) is 0 Å². The zero-order valence-electron chi connectivity index (χ0n) is 17.5. The van der Waals surface area contributed by atoms with Crippen LogP contribution in [0.3, 0.4) is 0 Å². The van der Waals surface area contributed by atoms with E-state index in [1.807, 2.05) is 37.3 Å². The van der Waals surface area contributed by atoms with E-state index in [1.165, 1.54) is 44.9 Å². The van der Waals surface area contributed by atoms with Crippen LogP contribution in [0, 0.1) is 32.0 Å². The first-order valence-electron chi connectivity index (χ1n) is 9.71. The molecule has 0 aromatic heterocycles. The number of hydrogen-bond donors (Lipinski definition) is 1. The van der Waals surface area contributed by atoms with Crippen molar-refractivity contribution in [3.63, 3.8) is 0 Å². The zero-order valence-corrected chi connectivity index (χ0v) is 19.6. The second-order valence-corrected chi connectivity index (χ2v) is 6.01. The zero-order chi connectivity index (χ0) is 22.6. The third-order valence-corrected chi connectivity index (χ3v) is 3.61. The van der Waals surface area contributed by atoms with Crippen LogP contribution in [0.15, 0.2) is 42.5 Å². The summed E-state index contributed by atoms with van der Waals surface area (Å²) in [7, 11) is 0. The number of rotatable bonds is 8. The van der Waals surface area contributed by atoms with E-state index in [0.717, 1.165) is 17.5 Å². The Balaban J connectivity index is -0.000000324. The molecule has 0 radical (unpaired) electrons. The van der Waals surface area contributed by atoms with Gasteiger partial charge in [0.2, 0.25) is 0 Å². The fourth-order valence-electron chi connectivity index (χ4n) is 2.10. The number of benzene rings is 2. The molecule has 5 heteroatoms. The van der Waals surface area contributed by atoms with Crippen molar-refractivity contribution in [2.24, 2.45) is 0 Å². The van der Waals surface area contributed by atoms with Gasteiger partial charge in [0, 0.05) is 6.61 Å². The van der Waals surface area contributed by atoms with E-state index < -0.39 is 0 Å². The monoisotopic (exact) mass is 488 g/mol. The van der Waals surface area contributed by atoms with Crippen LogP contribution in [-0.4, -0.2) is 5.11 Å². The Bertz CT molecular complexity index is 500. The first kappa shape index (κ1) is 32.7. The predicted molar refractivity (Wildman–Crippen MR) is 109 cm³/mol. The topological polar surface area (TPSA) is 54.4 Å². The third kappa shape index (κ3) is 29.3. The second kappa shape index (κ2) is 31.7. The van der Waals surface area contributed by atoms with Crippen LogP contribution in [0.25, 0.3) is 0 Å². The first-order valence-corrected chi connectivity index (χ1v) is 10.6. The van der Waals surface area contributed by atoms with Crippen LogP contribution in [0.2, 0.25) is 0 Å². The summed E-state index contributed by atoms with van der Waals surface area (Å²) in [6.07, 6.45) is 10.9. The molecule has 2 aromatic carbocycles. The van der Waals surface area contributed by atoms with Gasteiger partial charge in [-0.1, -0.05) is 51.9 Å². The van der Waals surface area contributed by atoms with Gasteiger partial charge in [-0.2, -0.15) is 36.8 Å². The molecule has 29 heavy (non-hydrogen) atoms. The van der Waals surface area contributed by atoms with E-state index in [0.29, 0.717) is 0 Å². The molecule has 0 fully saturated rings. The Labute approximate surface area is 194 Å². The predicted octanol–water partition coefficient (Wildman–Crippen LogP) is 6.29. The van der Waals surface area contributed by atoms with Crippen LogP contribution < -0.4 is 0 Å². The van der Waals surface area contributed by atoms with Crippen molar-refractivity contribution in [2.45, 2.75) is 71.8 Å². The number of unbranched alkanes of at least 4 members (excludes halogenated alkanes) is 7. The SMILES string of the molecule is Cc1[c-]cc[c-]c1.OCc1cc[c-]cc1.[CH2-]CCCCCCCCC.[O]=[Co].[O]=[Co]. The quantitative estimate of drug-likeness (QED) is 0.351. The molecule has 0 aliphatic heterocycles. The molecule has 0 bridgehead atoms. The molecule has 0 spiro atoms. The van der Waals surface area contributed by atoms with E-state index in [9.17, 15) is 0 Å². The van der Waals surface area contributed by atoms with E-state index in [1.54, 1.807) is 12.1 Å². The fraction of sp³-hybridized carbons (Fsp3) is 0.458. The van der Waals surface area contributed by atoms with Crippen molar-refractivity contribution in [3.05, 3.63) is 78.7 Å². The number of aliphatic hydroxyl groups excluding tert-OH is 1. The van der Waals surface area contributed by atoms with Crippen molar-refractivity contribution in [1.82, 2.24) is 0 Å². The maximum atomic E-state index is 8.52. The molecule has 0 aliphatic carbocycles. The number of aliphatic hydroxyl groups is 1. The molecule has 170 valence electrons. The van der Waals surface area contributed by atoms with E-state index in [4.69, 9.17) is 12.8 Å². The van der Waals surface area contributed by atoms with Gasteiger partial charge >= 0.3 is 39.1 Å². The van der Waals surface area contributed by atoms with Gasteiger partial charge in [-0.05, 0) is 0 Å². The molecule has 0 amide bonds. The molecular weight excluding hydrogens is 454 g/mol. The van der Waals surface area contributed by atoms with Gasteiger partial charge in [-0.15, -0.1) is 12.5 Å². The van der Waals surface area contributed by atoms with Gasteiger partial charge in [0.15, 0.2) is 0 Å². The molecule has 0 atom stereocenters. The van der Waals surface area contributed by atoms with Gasteiger partial charge in [-0.25, -0.2) is 0 Å². The summed E-state index contributed by atoms with van der Waals surface area (Å²) in [5, 5.41) is 8.52. The molecule has 0 saturated heterocycles. The number of hydrogen-bond acceptors (Lipinski definition) is 3. The Kier molecular flexibility index (Phi) is 35.7.